The summed E-state index contributed by atoms with van der Waals surface area (Å²) in [4.78, 5) is 86.2. The number of fused-ring (bicyclic) bond motifs is 7. The fraction of sp³-hybridized carbons (Fsp3) is 0.547. The standard InChI is InChI=1S/C53H70N10O8/c1-11-47(65)59-21-17-38(30-59)62(68)58(9)49(32(3)4)51(66)55-44-24-34-22-36(25-39(64)23-34)35-15-16-45-40(26-35)42(28-53(6,7)31-71-63(69)46-14-13-19-61(56-46)52(44)67)50(60(45)12-2)41-27-37-29-57(8)20-18-43(37)54-48(41)33(5)70-10/h11,15-16,22-23,25-27,32-33,38,44,46,49,56H,1,12-14,17-21,24,28-31H2,2-10H3/p+2/t33-,38-,44-,46+,49-/m0/s1. The number of nitrogens with one attached hydrogen (secondary N) is 2. The summed E-state index contributed by atoms with van der Waals surface area (Å²) in [5, 5.41) is 18.1. The lowest BCUT2D eigenvalue weighted by Crippen LogP contribution is -2.62. The van der Waals surface area contributed by atoms with Crippen molar-refractivity contribution in [1.29, 1.82) is 0 Å². The Hall–Kier alpha value is -6.24. The van der Waals surface area contributed by atoms with Crippen LogP contribution < -0.4 is 10.7 Å². The van der Waals surface area contributed by atoms with Gasteiger partial charge in [0.25, 0.3) is 11.9 Å². The zero-order chi connectivity index (χ0) is 51.1. The van der Waals surface area contributed by atoms with Gasteiger partial charge < -0.3 is 29.5 Å². The van der Waals surface area contributed by atoms with Gasteiger partial charge in [0, 0.05) is 93.1 Å². The highest BCUT2D eigenvalue weighted by atomic mass is 16.8. The van der Waals surface area contributed by atoms with E-state index in [1.165, 1.54) is 21.7 Å². The molecule has 4 aliphatic heterocycles. The lowest BCUT2D eigenvalue weighted by atomic mass is 9.83. The minimum atomic E-state index is -1.19. The van der Waals surface area contributed by atoms with E-state index in [-0.39, 0.29) is 49.8 Å². The summed E-state index contributed by atoms with van der Waals surface area (Å²) >= 11 is 0. The summed E-state index contributed by atoms with van der Waals surface area (Å²) in [6.45, 7) is 18.8. The van der Waals surface area contributed by atoms with Gasteiger partial charge in [-0.3, -0.25) is 24.4 Å². The number of aryl methyl sites for hydroxylation is 1. The molecule has 3 amide bonds. The number of benzene rings is 2. The number of hydrogen-bond donors (Lipinski definition) is 3. The zero-order valence-electron chi connectivity index (χ0n) is 42.9. The number of aromatic hydroxyl groups is 1. The van der Waals surface area contributed by atoms with E-state index in [1.807, 2.05) is 32.9 Å². The first-order valence-corrected chi connectivity index (χ1v) is 25.1. The lowest BCUT2D eigenvalue weighted by molar-refractivity contribution is -0.835. The van der Waals surface area contributed by atoms with Crippen LogP contribution in [0.1, 0.15) is 95.0 Å². The molecule has 380 valence electrons. The van der Waals surface area contributed by atoms with Crippen LogP contribution in [0.5, 0.6) is 5.75 Å². The average Bonchev–Trinajstić information content (AvgIpc) is 3.96. The number of likely N-dealkylation sites (N-methyl/N-ethyl adjacent to an activating group) is 2. The Labute approximate surface area is 416 Å². The number of rotatable bonds is 11. The van der Waals surface area contributed by atoms with Gasteiger partial charge in [0.2, 0.25) is 16.7 Å². The molecule has 3 N–H and O–H groups in total. The van der Waals surface area contributed by atoms with E-state index in [0.29, 0.717) is 54.8 Å². The smallest absolute Gasteiger partial charge is 0.326 e. The Morgan fingerprint density at radius 2 is 1.90 bits per heavy atom. The van der Waals surface area contributed by atoms with E-state index >= 15 is 0 Å². The van der Waals surface area contributed by atoms with E-state index in [4.69, 9.17) is 14.6 Å². The number of phenolic OH excluding ortho intramolecular Hbond substituents is 1. The molecule has 6 heterocycles. The van der Waals surface area contributed by atoms with Crippen LogP contribution in [-0.4, -0.2) is 140 Å². The van der Waals surface area contributed by atoms with Crippen LogP contribution in [0.2, 0.25) is 0 Å². The highest BCUT2D eigenvalue weighted by Crippen LogP contribution is 2.43. The summed E-state index contributed by atoms with van der Waals surface area (Å²) in [6.07, 6.45) is 2.66. The van der Waals surface area contributed by atoms with Crippen molar-refractivity contribution in [3.63, 3.8) is 0 Å². The van der Waals surface area contributed by atoms with Crippen molar-refractivity contribution in [2.75, 3.05) is 54.0 Å². The summed E-state index contributed by atoms with van der Waals surface area (Å²) in [6, 6.07) is 11.1. The molecule has 2 fully saturated rings. The average molecular weight is 977 g/mol. The van der Waals surface area contributed by atoms with E-state index < -0.39 is 41.5 Å². The predicted molar refractivity (Wildman–Crippen MR) is 269 cm³/mol. The van der Waals surface area contributed by atoms with Crippen molar-refractivity contribution in [3.05, 3.63) is 93.0 Å². The first kappa shape index (κ1) is 51.1. The second kappa shape index (κ2) is 20.8. The van der Waals surface area contributed by atoms with Crippen LogP contribution in [-0.2, 0) is 56.3 Å². The van der Waals surface area contributed by atoms with Gasteiger partial charge in [0.05, 0.1) is 40.9 Å². The number of pyridine rings is 1. The SMILES string of the molecule is C=CC(=O)N1CC[C@H]([N+](=O)N(C)[C@H](C(=O)N[C@H]2Cc3cc(O)cc(c3)-c3ccc4c(c3)c(c(-c3cc5c(nc3[C@H](C)OC)CCN(C)C5)n4CC)CC(C)(C)CO[N+](=O)[C@@H]3CCCN(N3)C2=O)C(C)C)C1. The van der Waals surface area contributed by atoms with Gasteiger partial charge in [-0.2, -0.15) is 5.43 Å². The van der Waals surface area contributed by atoms with Gasteiger partial charge in [-0.1, -0.05) is 46.4 Å². The largest absolute Gasteiger partial charge is 0.508 e. The Morgan fingerprint density at radius 3 is 2.62 bits per heavy atom. The zero-order valence-corrected chi connectivity index (χ0v) is 42.9. The van der Waals surface area contributed by atoms with Crippen LogP contribution in [0.3, 0.4) is 0 Å². The summed E-state index contributed by atoms with van der Waals surface area (Å²) < 4.78 is 8.34. The molecule has 6 bridgehead atoms. The molecule has 18 nitrogen and oxygen atoms in total. The minimum absolute atomic E-state index is 0.0152. The van der Waals surface area contributed by atoms with Crippen LogP contribution in [0.15, 0.2) is 55.1 Å². The molecule has 18 heteroatoms. The molecule has 5 atom stereocenters. The number of ether oxygens (including phenoxy) is 1. The predicted octanol–water partition coefficient (Wildman–Crippen LogP) is 6.00. The van der Waals surface area contributed by atoms with Crippen molar-refractivity contribution in [2.45, 2.75) is 124 Å². The highest BCUT2D eigenvalue weighted by Gasteiger charge is 2.45. The molecule has 4 aliphatic rings. The second-order valence-corrected chi connectivity index (χ2v) is 21.0. The summed E-state index contributed by atoms with van der Waals surface area (Å²) in [7, 11) is 5.38. The van der Waals surface area contributed by atoms with Crippen molar-refractivity contribution in [3.8, 4) is 28.1 Å². The number of aromatic nitrogens is 2. The number of hydrazine groups is 2. The number of methoxy groups -OCH3 is 1. The van der Waals surface area contributed by atoms with Gasteiger partial charge in [-0.25, -0.2) is 4.84 Å². The molecular weight excluding hydrogens is 905 g/mol. The first-order chi connectivity index (χ1) is 33.8. The Balaban J connectivity index is 1.22. The number of carbonyl (C=O) groups excluding carboxylic acids is 3. The third-order valence-electron chi connectivity index (χ3n) is 14.7. The number of hydrogen-bond acceptors (Lipinski definition) is 11. The second-order valence-electron chi connectivity index (χ2n) is 21.0. The molecule has 4 aromatic rings. The monoisotopic (exact) mass is 977 g/mol. The normalized spacial score (nSPS) is 21.6. The maximum Gasteiger partial charge on any atom is 0.326 e. The number of amides is 3. The molecule has 0 radical (unpaired) electrons. The number of carbonyl (C=O) groups is 3. The van der Waals surface area contributed by atoms with E-state index in [1.54, 1.807) is 31.2 Å². The Morgan fingerprint density at radius 1 is 1.13 bits per heavy atom. The maximum absolute atomic E-state index is 14.8. The van der Waals surface area contributed by atoms with Gasteiger partial charge in [-0.15, -0.1) is 5.01 Å². The summed E-state index contributed by atoms with van der Waals surface area (Å²) in [5.41, 5.74) is 11.9. The molecular formula is C53H72N10O8+2. The Kier molecular flexibility index (Phi) is 15.0. The van der Waals surface area contributed by atoms with Crippen molar-refractivity contribution in [2.24, 2.45) is 11.3 Å². The quantitative estimate of drug-likeness (QED) is 0.0907. The fourth-order valence-corrected chi connectivity index (χ4v) is 11.0. The molecule has 0 aliphatic carbocycles. The van der Waals surface area contributed by atoms with Gasteiger partial charge >= 0.3 is 6.17 Å². The molecule has 0 spiro atoms. The molecule has 0 saturated carbocycles. The van der Waals surface area contributed by atoms with E-state index in [9.17, 15) is 29.3 Å². The van der Waals surface area contributed by atoms with Crippen molar-refractivity contribution in [1.82, 2.24) is 40.1 Å². The Bertz CT molecular complexity index is 2730. The highest BCUT2D eigenvalue weighted by molar-refractivity contribution is 5.96. The van der Waals surface area contributed by atoms with Gasteiger partial charge in [0.1, 0.15) is 16.7 Å². The van der Waals surface area contributed by atoms with Crippen LogP contribution in [0.25, 0.3) is 33.3 Å². The van der Waals surface area contributed by atoms with Crippen LogP contribution in [0.4, 0.5) is 0 Å². The number of nitrogens with zero attached hydrogens (tertiary/aromatic N) is 8. The topological polar surface area (TPSA) is 185 Å². The van der Waals surface area contributed by atoms with Crippen molar-refractivity contribution >= 4 is 28.6 Å². The maximum atomic E-state index is 14.8. The number of likely N-dealkylation sites (tertiary alicyclic amines) is 1. The van der Waals surface area contributed by atoms with Gasteiger partial charge in [0.15, 0.2) is 12.6 Å². The third kappa shape index (κ3) is 10.6. The lowest BCUT2D eigenvalue weighted by Gasteiger charge is -2.33. The molecule has 8 rings (SSSR count). The molecule has 2 aromatic heterocycles. The third-order valence-corrected chi connectivity index (χ3v) is 14.7. The minimum Gasteiger partial charge on any atom is -0.508 e. The summed E-state index contributed by atoms with van der Waals surface area (Å²) in [5.74, 6) is -1.70. The molecule has 0 unspecified atom stereocenters. The van der Waals surface area contributed by atoms with Crippen LogP contribution >= 0.6 is 0 Å². The van der Waals surface area contributed by atoms with Gasteiger partial charge in [-0.05, 0) is 104 Å². The van der Waals surface area contributed by atoms with Crippen LogP contribution in [0, 0.1) is 21.1 Å². The first-order valence-electron chi connectivity index (χ1n) is 25.1. The van der Waals surface area contributed by atoms with E-state index in [2.05, 4.69) is 72.8 Å². The molecule has 71 heavy (non-hydrogen) atoms. The number of phenols is 1. The molecule has 2 aromatic carbocycles. The van der Waals surface area contributed by atoms with E-state index in [0.717, 1.165) is 69.1 Å². The fourth-order valence-electron chi connectivity index (χ4n) is 11.0. The van der Waals surface area contributed by atoms with Crippen molar-refractivity contribution < 1.29 is 38.9 Å². The molecule has 2 saturated heterocycles. The number of nitroso groups, excluding NO2 is 1.